The SMILES string of the molecule is COc1ccc(OC)c(C(C)NCC(C)(O)CO)c1. The Kier molecular flexibility index (Phi) is 5.60. The maximum absolute atomic E-state index is 9.78. The van der Waals surface area contributed by atoms with E-state index in [0.717, 1.165) is 17.1 Å². The Hall–Kier alpha value is -1.30. The van der Waals surface area contributed by atoms with Crippen LogP contribution in [0.1, 0.15) is 25.5 Å². The summed E-state index contributed by atoms with van der Waals surface area (Å²) in [4.78, 5) is 0. The van der Waals surface area contributed by atoms with E-state index in [0.29, 0.717) is 0 Å². The van der Waals surface area contributed by atoms with E-state index < -0.39 is 5.60 Å². The van der Waals surface area contributed by atoms with Gasteiger partial charge in [0, 0.05) is 18.2 Å². The Morgan fingerprint density at radius 1 is 1.32 bits per heavy atom. The normalized spacial score (nSPS) is 15.7. The molecule has 1 aromatic rings. The van der Waals surface area contributed by atoms with Gasteiger partial charge in [0.25, 0.3) is 0 Å². The summed E-state index contributed by atoms with van der Waals surface area (Å²) in [5, 5.41) is 22.0. The second kappa shape index (κ2) is 6.75. The number of rotatable bonds is 7. The monoisotopic (exact) mass is 269 g/mol. The van der Waals surface area contributed by atoms with Crippen LogP contribution in [0.4, 0.5) is 0 Å². The van der Waals surface area contributed by atoms with E-state index in [1.165, 1.54) is 0 Å². The molecule has 0 aromatic heterocycles. The number of benzene rings is 1. The van der Waals surface area contributed by atoms with Gasteiger partial charge in [-0.05, 0) is 32.0 Å². The molecular weight excluding hydrogens is 246 g/mol. The molecule has 1 aromatic carbocycles. The maximum Gasteiger partial charge on any atom is 0.123 e. The van der Waals surface area contributed by atoms with Gasteiger partial charge in [-0.25, -0.2) is 0 Å². The van der Waals surface area contributed by atoms with Crippen LogP contribution in [0, 0.1) is 0 Å². The number of ether oxygens (including phenoxy) is 2. The molecule has 2 unspecified atom stereocenters. The van der Waals surface area contributed by atoms with Crippen molar-refractivity contribution in [2.45, 2.75) is 25.5 Å². The lowest BCUT2D eigenvalue weighted by molar-refractivity contribution is 0.00101. The van der Waals surface area contributed by atoms with Crippen molar-refractivity contribution in [3.05, 3.63) is 23.8 Å². The van der Waals surface area contributed by atoms with E-state index in [1.807, 2.05) is 25.1 Å². The molecule has 1 rings (SSSR count). The van der Waals surface area contributed by atoms with Crippen molar-refractivity contribution in [1.82, 2.24) is 5.32 Å². The molecular formula is C14H23NO4. The third-order valence-corrected chi connectivity index (χ3v) is 3.03. The average molecular weight is 269 g/mol. The fraction of sp³-hybridized carbons (Fsp3) is 0.571. The molecule has 0 aliphatic carbocycles. The topological polar surface area (TPSA) is 71.0 Å². The standard InChI is InChI=1S/C14H23NO4/c1-10(15-8-14(2,17)9-16)12-7-11(18-3)5-6-13(12)19-4/h5-7,10,15-17H,8-9H2,1-4H3. The second-order valence-corrected chi connectivity index (χ2v) is 4.87. The van der Waals surface area contributed by atoms with Gasteiger partial charge < -0.3 is 25.0 Å². The molecule has 2 atom stereocenters. The Morgan fingerprint density at radius 3 is 2.53 bits per heavy atom. The maximum atomic E-state index is 9.78. The number of hydrogen-bond acceptors (Lipinski definition) is 5. The van der Waals surface area contributed by atoms with Crippen molar-refractivity contribution in [3.63, 3.8) is 0 Å². The fourth-order valence-electron chi connectivity index (χ4n) is 1.72. The molecule has 0 saturated heterocycles. The largest absolute Gasteiger partial charge is 0.497 e. The minimum Gasteiger partial charge on any atom is -0.497 e. The second-order valence-electron chi connectivity index (χ2n) is 4.87. The molecule has 0 spiro atoms. The Bertz CT molecular complexity index is 406. The smallest absolute Gasteiger partial charge is 0.123 e. The summed E-state index contributed by atoms with van der Waals surface area (Å²) >= 11 is 0. The van der Waals surface area contributed by atoms with Crippen LogP contribution in [-0.4, -0.2) is 43.2 Å². The van der Waals surface area contributed by atoms with Crippen LogP contribution < -0.4 is 14.8 Å². The van der Waals surface area contributed by atoms with E-state index >= 15 is 0 Å². The van der Waals surface area contributed by atoms with Crippen LogP contribution >= 0.6 is 0 Å². The van der Waals surface area contributed by atoms with Crippen LogP contribution in [0.25, 0.3) is 0 Å². The summed E-state index contributed by atoms with van der Waals surface area (Å²) in [6.07, 6.45) is 0. The molecule has 0 heterocycles. The van der Waals surface area contributed by atoms with Gasteiger partial charge in [-0.2, -0.15) is 0 Å². The summed E-state index contributed by atoms with van der Waals surface area (Å²) < 4.78 is 10.5. The molecule has 0 aliphatic rings. The lowest BCUT2D eigenvalue weighted by Gasteiger charge is -2.25. The first-order chi connectivity index (χ1) is 8.93. The van der Waals surface area contributed by atoms with E-state index in [1.54, 1.807) is 21.1 Å². The van der Waals surface area contributed by atoms with Gasteiger partial charge in [0.15, 0.2) is 0 Å². The third kappa shape index (κ3) is 4.38. The molecule has 0 amide bonds. The summed E-state index contributed by atoms with van der Waals surface area (Å²) in [6.45, 7) is 3.53. The Balaban J connectivity index is 2.82. The summed E-state index contributed by atoms with van der Waals surface area (Å²) in [5.41, 5.74) is -0.198. The van der Waals surface area contributed by atoms with Gasteiger partial charge in [0.05, 0.1) is 26.4 Å². The van der Waals surface area contributed by atoms with Gasteiger partial charge >= 0.3 is 0 Å². The number of methoxy groups -OCH3 is 2. The first-order valence-electron chi connectivity index (χ1n) is 6.22. The number of aliphatic hydroxyl groups excluding tert-OH is 1. The minimum absolute atomic E-state index is 0.0388. The van der Waals surface area contributed by atoms with Crippen molar-refractivity contribution < 1.29 is 19.7 Å². The zero-order valence-electron chi connectivity index (χ0n) is 11.9. The van der Waals surface area contributed by atoms with Crippen LogP contribution in [0.2, 0.25) is 0 Å². The third-order valence-electron chi connectivity index (χ3n) is 3.03. The summed E-state index contributed by atoms with van der Waals surface area (Å²) in [6, 6.07) is 5.53. The van der Waals surface area contributed by atoms with Gasteiger partial charge in [0.1, 0.15) is 11.5 Å². The van der Waals surface area contributed by atoms with Crippen molar-refractivity contribution in [2.75, 3.05) is 27.4 Å². The number of hydrogen-bond donors (Lipinski definition) is 3. The van der Waals surface area contributed by atoms with E-state index in [9.17, 15) is 5.11 Å². The minimum atomic E-state index is -1.14. The first-order valence-corrected chi connectivity index (χ1v) is 6.22. The predicted molar refractivity (Wildman–Crippen MR) is 73.7 cm³/mol. The number of aliphatic hydroxyl groups is 2. The van der Waals surface area contributed by atoms with Crippen molar-refractivity contribution in [3.8, 4) is 11.5 Å². The molecule has 0 bridgehead atoms. The molecule has 0 fully saturated rings. The van der Waals surface area contributed by atoms with Crippen LogP contribution in [0.3, 0.4) is 0 Å². The molecule has 0 aliphatic heterocycles. The summed E-state index contributed by atoms with van der Waals surface area (Å²) in [7, 11) is 3.22. The average Bonchev–Trinajstić information content (AvgIpc) is 2.44. The van der Waals surface area contributed by atoms with Gasteiger partial charge in [-0.1, -0.05) is 0 Å². The highest BCUT2D eigenvalue weighted by atomic mass is 16.5. The lowest BCUT2D eigenvalue weighted by atomic mass is 10.0. The van der Waals surface area contributed by atoms with E-state index in [2.05, 4.69) is 5.32 Å². The first kappa shape index (κ1) is 15.8. The molecule has 5 nitrogen and oxygen atoms in total. The Morgan fingerprint density at radius 2 is 2.00 bits per heavy atom. The molecule has 19 heavy (non-hydrogen) atoms. The Labute approximate surface area is 114 Å². The van der Waals surface area contributed by atoms with Gasteiger partial charge in [-0.3, -0.25) is 0 Å². The highest BCUT2D eigenvalue weighted by Crippen LogP contribution is 2.29. The molecule has 5 heteroatoms. The van der Waals surface area contributed by atoms with Crippen molar-refractivity contribution in [2.24, 2.45) is 0 Å². The lowest BCUT2D eigenvalue weighted by Crippen LogP contribution is -2.41. The van der Waals surface area contributed by atoms with Crippen LogP contribution in [0.15, 0.2) is 18.2 Å². The molecule has 108 valence electrons. The van der Waals surface area contributed by atoms with E-state index in [4.69, 9.17) is 14.6 Å². The quantitative estimate of drug-likeness (QED) is 0.691. The van der Waals surface area contributed by atoms with Crippen LogP contribution in [0.5, 0.6) is 11.5 Å². The number of nitrogens with one attached hydrogen (secondary N) is 1. The van der Waals surface area contributed by atoms with Gasteiger partial charge in [-0.15, -0.1) is 0 Å². The zero-order valence-corrected chi connectivity index (χ0v) is 11.9. The summed E-state index contributed by atoms with van der Waals surface area (Å²) in [5.74, 6) is 1.50. The highest BCUT2D eigenvalue weighted by molar-refractivity contribution is 5.42. The zero-order chi connectivity index (χ0) is 14.5. The molecule has 0 saturated carbocycles. The molecule has 3 N–H and O–H groups in total. The van der Waals surface area contributed by atoms with Gasteiger partial charge in [0.2, 0.25) is 0 Å². The van der Waals surface area contributed by atoms with Crippen LogP contribution in [-0.2, 0) is 0 Å². The fourth-order valence-corrected chi connectivity index (χ4v) is 1.72. The predicted octanol–water partition coefficient (Wildman–Crippen LogP) is 1.10. The molecule has 0 radical (unpaired) electrons. The van der Waals surface area contributed by atoms with Crippen molar-refractivity contribution >= 4 is 0 Å². The highest BCUT2D eigenvalue weighted by Gasteiger charge is 2.21. The van der Waals surface area contributed by atoms with E-state index in [-0.39, 0.29) is 19.2 Å². The van der Waals surface area contributed by atoms with Crippen molar-refractivity contribution in [1.29, 1.82) is 0 Å².